The zero-order valence-corrected chi connectivity index (χ0v) is 9.29. The normalized spacial score (nSPS) is 35.7. The minimum atomic E-state index is 0.0793. The summed E-state index contributed by atoms with van der Waals surface area (Å²) in [7, 11) is 0. The second-order valence-corrected chi connectivity index (χ2v) is 4.41. The molecule has 2 saturated heterocycles. The highest BCUT2D eigenvalue weighted by atomic mass is 16.5. The van der Waals surface area contributed by atoms with Crippen LogP contribution >= 0.6 is 0 Å². The van der Waals surface area contributed by atoms with Crippen LogP contribution in [-0.4, -0.2) is 37.7 Å². The van der Waals surface area contributed by atoms with Gasteiger partial charge in [0.15, 0.2) is 0 Å². The number of nitrogens with one attached hydrogen (secondary N) is 2. The lowest BCUT2D eigenvalue weighted by molar-refractivity contribution is -0.127. The summed E-state index contributed by atoms with van der Waals surface area (Å²) < 4.78 is 5.52. The molecule has 4 nitrogen and oxygen atoms in total. The lowest BCUT2D eigenvalue weighted by Gasteiger charge is -2.19. The highest BCUT2D eigenvalue weighted by Crippen LogP contribution is 2.23. The molecule has 0 aromatic rings. The van der Waals surface area contributed by atoms with Crippen LogP contribution in [0.4, 0.5) is 0 Å². The predicted octanol–water partition coefficient (Wildman–Crippen LogP) is 0.280. The summed E-state index contributed by atoms with van der Waals surface area (Å²) in [6, 6.07) is 0.329. The summed E-state index contributed by atoms with van der Waals surface area (Å²) in [5.41, 5.74) is 0. The third-order valence-electron chi connectivity index (χ3n) is 3.36. The fourth-order valence-corrected chi connectivity index (χ4v) is 2.44. The van der Waals surface area contributed by atoms with E-state index >= 15 is 0 Å². The SMILES string of the molecule is CCC1OCCC1C(=O)N[C@H]1CCNC1. The molecule has 2 N–H and O–H groups in total. The Morgan fingerprint density at radius 1 is 1.53 bits per heavy atom. The van der Waals surface area contributed by atoms with Crippen molar-refractivity contribution in [2.75, 3.05) is 19.7 Å². The molecule has 2 rings (SSSR count). The summed E-state index contributed by atoms with van der Waals surface area (Å²) in [6.07, 6.45) is 3.00. The van der Waals surface area contributed by atoms with Crippen molar-refractivity contribution >= 4 is 5.91 Å². The van der Waals surface area contributed by atoms with Crippen molar-refractivity contribution < 1.29 is 9.53 Å². The van der Waals surface area contributed by atoms with Gasteiger partial charge < -0.3 is 15.4 Å². The van der Waals surface area contributed by atoms with E-state index in [1.165, 1.54) is 0 Å². The van der Waals surface area contributed by atoms with Gasteiger partial charge in [0.2, 0.25) is 5.91 Å². The molecular weight excluding hydrogens is 192 g/mol. The summed E-state index contributed by atoms with van der Waals surface area (Å²) in [6.45, 7) is 4.74. The quantitative estimate of drug-likeness (QED) is 0.706. The molecule has 0 saturated carbocycles. The van der Waals surface area contributed by atoms with Crippen LogP contribution in [0.1, 0.15) is 26.2 Å². The maximum absolute atomic E-state index is 12.0. The average molecular weight is 212 g/mol. The van der Waals surface area contributed by atoms with Crippen molar-refractivity contribution in [3.8, 4) is 0 Å². The number of hydrogen-bond donors (Lipinski definition) is 2. The van der Waals surface area contributed by atoms with E-state index in [1.807, 2.05) is 0 Å². The molecule has 86 valence electrons. The Morgan fingerprint density at radius 2 is 2.40 bits per heavy atom. The molecule has 2 unspecified atom stereocenters. The predicted molar refractivity (Wildman–Crippen MR) is 57.6 cm³/mol. The second-order valence-electron chi connectivity index (χ2n) is 4.41. The van der Waals surface area contributed by atoms with E-state index in [2.05, 4.69) is 17.6 Å². The number of amides is 1. The molecule has 0 radical (unpaired) electrons. The molecule has 4 heteroatoms. The molecule has 0 aliphatic carbocycles. The zero-order valence-electron chi connectivity index (χ0n) is 9.29. The molecule has 2 aliphatic heterocycles. The van der Waals surface area contributed by atoms with Crippen LogP contribution in [0.2, 0.25) is 0 Å². The summed E-state index contributed by atoms with van der Waals surface area (Å²) >= 11 is 0. The van der Waals surface area contributed by atoms with Crippen LogP contribution in [0.5, 0.6) is 0 Å². The van der Waals surface area contributed by atoms with Crippen LogP contribution in [0, 0.1) is 5.92 Å². The van der Waals surface area contributed by atoms with Gasteiger partial charge in [-0.15, -0.1) is 0 Å². The number of carbonyl (C=O) groups excluding carboxylic acids is 1. The number of ether oxygens (including phenoxy) is 1. The van der Waals surface area contributed by atoms with Gasteiger partial charge in [-0.25, -0.2) is 0 Å². The molecule has 2 heterocycles. The van der Waals surface area contributed by atoms with E-state index in [9.17, 15) is 4.79 Å². The Hall–Kier alpha value is -0.610. The van der Waals surface area contributed by atoms with Crippen LogP contribution < -0.4 is 10.6 Å². The zero-order chi connectivity index (χ0) is 10.7. The Morgan fingerprint density at radius 3 is 3.07 bits per heavy atom. The van der Waals surface area contributed by atoms with Gasteiger partial charge in [0, 0.05) is 19.2 Å². The molecule has 0 spiro atoms. The largest absolute Gasteiger partial charge is 0.377 e. The first-order valence-electron chi connectivity index (χ1n) is 5.94. The van der Waals surface area contributed by atoms with E-state index in [0.29, 0.717) is 6.04 Å². The maximum atomic E-state index is 12.0. The molecule has 0 aromatic heterocycles. The monoisotopic (exact) mass is 212 g/mol. The summed E-state index contributed by atoms with van der Waals surface area (Å²) in [5, 5.41) is 6.35. The number of hydrogen-bond acceptors (Lipinski definition) is 3. The molecule has 0 bridgehead atoms. The molecular formula is C11H20N2O2. The molecule has 2 fully saturated rings. The molecule has 0 aromatic carbocycles. The van der Waals surface area contributed by atoms with Gasteiger partial charge in [0.1, 0.15) is 0 Å². The third kappa shape index (κ3) is 2.49. The third-order valence-corrected chi connectivity index (χ3v) is 3.36. The van der Waals surface area contributed by atoms with Gasteiger partial charge in [0.25, 0.3) is 0 Å². The van der Waals surface area contributed by atoms with E-state index in [4.69, 9.17) is 4.74 Å². The second kappa shape index (κ2) is 4.94. The van der Waals surface area contributed by atoms with Crippen LogP contribution in [0.15, 0.2) is 0 Å². The lowest BCUT2D eigenvalue weighted by Crippen LogP contribution is -2.42. The van der Waals surface area contributed by atoms with Crippen molar-refractivity contribution in [2.45, 2.75) is 38.3 Å². The van der Waals surface area contributed by atoms with Gasteiger partial charge in [-0.2, -0.15) is 0 Å². The minimum absolute atomic E-state index is 0.0793. The number of rotatable bonds is 3. The highest BCUT2D eigenvalue weighted by Gasteiger charge is 2.33. The van der Waals surface area contributed by atoms with E-state index in [1.54, 1.807) is 0 Å². The van der Waals surface area contributed by atoms with Gasteiger partial charge in [-0.3, -0.25) is 4.79 Å². The first kappa shape index (κ1) is 10.9. The highest BCUT2D eigenvalue weighted by molar-refractivity contribution is 5.79. The van der Waals surface area contributed by atoms with Gasteiger partial charge in [-0.05, 0) is 25.8 Å². The van der Waals surface area contributed by atoms with Gasteiger partial charge >= 0.3 is 0 Å². The van der Waals surface area contributed by atoms with E-state index < -0.39 is 0 Å². The van der Waals surface area contributed by atoms with Crippen molar-refractivity contribution in [1.82, 2.24) is 10.6 Å². The fraction of sp³-hybridized carbons (Fsp3) is 0.909. The standard InChI is InChI=1S/C11H20N2O2/c1-2-10-9(4-6-15-10)11(14)13-8-3-5-12-7-8/h8-10,12H,2-7H2,1H3,(H,13,14)/t8-,9?,10?/m0/s1. The average Bonchev–Trinajstić information content (AvgIpc) is 2.86. The Balaban J connectivity index is 1.83. The first-order valence-corrected chi connectivity index (χ1v) is 5.94. The van der Waals surface area contributed by atoms with Crippen LogP contribution in [0.25, 0.3) is 0 Å². The summed E-state index contributed by atoms with van der Waals surface area (Å²) in [5.74, 6) is 0.267. The lowest BCUT2D eigenvalue weighted by atomic mass is 9.98. The van der Waals surface area contributed by atoms with Crippen LogP contribution in [0.3, 0.4) is 0 Å². The fourth-order valence-electron chi connectivity index (χ4n) is 2.44. The number of carbonyl (C=O) groups is 1. The maximum Gasteiger partial charge on any atom is 0.226 e. The molecule has 3 atom stereocenters. The van der Waals surface area contributed by atoms with Crippen molar-refractivity contribution in [1.29, 1.82) is 0 Å². The Bertz CT molecular complexity index is 227. The van der Waals surface area contributed by atoms with Crippen molar-refractivity contribution in [2.24, 2.45) is 5.92 Å². The van der Waals surface area contributed by atoms with Gasteiger partial charge in [-0.1, -0.05) is 6.92 Å². The molecule has 2 aliphatic rings. The summed E-state index contributed by atoms with van der Waals surface area (Å²) in [4.78, 5) is 12.0. The molecule has 1 amide bonds. The van der Waals surface area contributed by atoms with Crippen molar-refractivity contribution in [3.63, 3.8) is 0 Å². The Labute approximate surface area is 90.8 Å². The first-order chi connectivity index (χ1) is 7.31. The van der Waals surface area contributed by atoms with Gasteiger partial charge in [0.05, 0.1) is 12.0 Å². The van der Waals surface area contributed by atoms with E-state index in [-0.39, 0.29) is 17.9 Å². The molecule has 15 heavy (non-hydrogen) atoms. The topological polar surface area (TPSA) is 50.4 Å². The van der Waals surface area contributed by atoms with Crippen LogP contribution in [-0.2, 0) is 9.53 Å². The van der Waals surface area contributed by atoms with E-state index in [0.717, 1.165) is 39.0 Å². The smallest absolute Gasteiger partial charge is 0.226 e. The van der Waals surface area contributed by atoms with Crippen molar-refractivity contribution in [3.05, 3.63) is 0 Å². The Kier molecular flexibility index (Phi) is 3.59. The minimum Gasteiger partial charge on any atom is -0.377 e.